The van der Waals surface area contributed by atoms with E-state index in [1.165, 1.54) is 0 Å². The minimum Gasteiger partial charge on any atom is -0.493 e. The van der Waals surface area contributed by atoms with Crippen molar-refractivity contribution < 1.29 is 23.8 Å². The third kappa shape index (κ3) is 7.95. The molecule has 1 aromatic rings. The van der Waals surface area contributed by atoms with Crippen LogP contribution in [0.2, 0.25) is 0 Å². The highest BCUT2D eigenvalue weighted by Gasteiger charge is 2.33. The lowest BCUT2D eigenvalue weighted by atomic mass is 9.93. The molecule has 0 saturated carbocycles. The molecular formula is C30H43N3O5. The van der Waals surface area contributed by atoms with E-state index < -0.39 is 0 Å². The van der Waals surface area contributed by atoms with Crippen LogP contribution in [-0.4, -0.2) is 88.3 Å². The lowest BCUT2D eigenvalue weighted by Gasteiger charge is -2.33. The summed E-state index contributed by atoms with van der Waals surface area (Å²) in [5, 5.41) is 3.47. The molecule has 0 unspecified atom stereocenters. The molecule has 0 aromatic heterocycles. The molecule has 38 heavy (non-hydrogen) atoms. The molecule has 1 aliphatic carbocycles. The van der Waals surface area contributed by atoms with Crippen molar-refractivity contribution in [1.82, 2.24) is 15.1 Å². The van der Waals surface area contributed by atoms with Gasteiger partial charge in [0.2, 0.25) is 0 Å². The van der Waals surface area contributed by atoms with Crippen LogP contribution in [-0.2, 0) is 9.53 Å². The number of benzene rings is 1. The van der Waals surface area contributed by atoms with Gasteiger partial charge in [0.15, 0.2) is 11.5 Å². The molecule has 1 N–H and O–H groups in total. The molecule has 2 amide bonds. The van der Waals surface area contributed by atoms with Crippen molar-refractivity contribution in [3.8, 4) is 11.5 Å². The van der Waals surface area contributed by atoms with E-state index in [1.807, 2.05) is 56.2 Å². The summed E-state index contributed by atoms with van der Waals surface area (Å²) in [4.78, 5) is 30.4. The van der Waals surface area contributed by atoms with E-state index in [-0.39, 0.29) is 29.7 Å². The Morgan fingerprint density at radius 3 is 2.50 bits per heavy atom. The molecule has 1 fully saturated rings. The summed E-state index contributed by atoms with van der Waals surface area (Å²) in [6.45, 7) is 8.02. The predicted octanol–water partition coefficient (Wildman–Crippen LogP) is 3.70. The molecule has 3 rings (SSSR count). The van der Waals surface area contributed by atoms with Gasteiger partial charge in [-0.05, 0) is 56.4 Å². The monoisotopic (exact) mass is 525 g/mol. The largest absolute Gasteiger partial charge is 0.493 e. The summed E-state index contributed by atoms with van der Waals surface area (Å²) in [6.07, 6.45) is 11.3. The molecule has 0 bridgehead atoms. The lowest BCUT2D eigenvalue weighted by molar-refractivity contribution is -0.126. The standard InChI is InChI=1S/C30H43N3O5/c1-22(2)33(30(35)24-13-14-27(37-5)28(17-24)38-16-10-15-36-4)21-26-19-31-18-25(26)20-32(3)29(34)23-11-8-6-7-9-12-23/h6,8-9,11-14,17,22,25-26,31H,7,10,15-16,18-21H2,1-5H3/t25-,26-/m0/s1. The van der Waals surface area contributed by atoms with E-state index in [1.54, 1.807) is 37.3 Å². The third-order valence-corrected chi connectivity index (χ3v) is 7.04. The smallest absolute Gasteiger partial charge is 0.254 e. The van der Waals surface area contributed by atoms with E-state index in [2.05, 4.69) is 5.32 Å². The Kier molecular flexibility index (Phi) is 11.4. The first-order chi connectivity index (χ1) is 18.3. The van der Waals surface area contributed by atoms with Gasteiger partial charge in [-0.15, -0.1) is 0 Å². The summed E-state index contributed by atoms with van der Waals surface area (Å²) in [5.74, 6) is 1.61. The topological polar surface area (TPSA) is 80.3 Å². The van der Waals surface area contributed by atoms with Gasteiger partial charge in [-0.3, -0.25) is 9.59 Å². The maximum absolute atomic E-state index is 13.7. The quantitative estimate of drug-likeness (QED) is 0.396. The van der Waals surface area contributed by atoms with Crippen LogP contribution in [0.25, 0.3) is 0 Å². The molecule has 1 aromatic carbocycles. The molecule has 2 atom stereocenters. The number of carbonyl (C=O) groups excluding carboxylic acids is 2. The molecule has 8 heteroatoms. The highest BCUT2D eigenvalue weighted by atomic mass is 16.5. The van der Waals surface area contributed by atoms with Gasteiger partial charge in [0.05, 0.1) is 13.7 Å². The Bertz CT molecular complexity index is 1030. The van der Waals surface area contributed by atoms with Gasteiger partial charge >= 0.3 is 0 Å². The van der Waals surface area contributed by atoms with Crippen LogP contribution in [0, 0.1) is 11.8 Å². The first-order valence-electron chi connectivity index (χ1n) is 13.5. The lowest BCUT2D eigenvalue weighted by Crippen LogP contribution is -2.44. The van der Waals surface area contributed by atoms with Crippen LogP contribution in [0.4, 0.5) is 0 Å². The highest BCUT2D eigenvalue weighted by Crippen LogP contribution is 2.30. The molecular weight excluding hydrogens is 482 g/mol. The number of rotatable bonds is 13. The molecule has 208 valence electrons. The van der Waals surface area contributed by atoms with E-state index in [0.29, 0.717) is 48.9 Å². The number of hydrogen-bond donors (Lipinski definition) is 1. The van der Waals surface area contributed by atoms with Gasteiger partial charge < -0.3 is 29.3 Å². The second-order valence-corrected chi connectivity index (χ2v) is 10.2. The first kappa shape index (κ1) is 29.5. The Morgan fingerprint density at radius 2 is 1.79 bits per heavy atom. The summed E-state index contributed by atoms with van der Waals surface area (Å²) in [5.41, 5.74) is 1.26. The minimum absolute atomic E-state index is 0.0179. The Hall–Kier alpha value is -3.10. The van der Waals surface area contributed by atoms with Crippen molar-refractivity contribution in [2.75, 3.05) is 60.7 Å². The van der Waals surface area contributed by atoms with Crippen LogP contribution < -0.4 is 14.8 Å². The second kappa shape index (κ2) is 14.7. The number of nitrogens with zero attached hydrogens (tertiary/aromatic N) is 2. The summed E-state index contributed by atoms with van der Waals surface area (Å²) < 4.78 is 16.4. The summed E-state index contributed by atoms with van der Waals surface area (Å²) in [7, 11) is 5.11. The van der Waals surface area contributed by atoms with Crippen LogP contribution in [0.15, 0.2) is 54.2 Å². The number of methoxy groups -OCH3 is 2. The summed E-state index contributed by atoms with van der Waals surface area (Å²) in [6, 6.07) is 5.36. The normalized spacial score (nSPS) is 18.7. The number of likely N-dealkylation sites (N-methyl/N-ethyl adjacent to an activating group) is 1. The molecule has 1 aliphatic heterocycles. The number of carbonyl (C=O) groups is 2. The zero-order valence-corrected chi connectivity index (χ0v) is 23.4. The Morgan fingerprint density at radius 1 is 1.03 bits per heavy atom. The average molecular weight is 526 g/mol. The van der Waals surface area contributed by atoms with E-state index in [0.717, 1.165) is 25.9 Å². The molecule has 0 radical (unpaired) electrons. The number of amides is 2. The first-order valence-corrected chi connectivity index (χ1v) is 13.5. The molecule has 0 spiro atoms. The van der Waals surface area contributed by atoms with Gasteiger partial charge in [0.25, 0.3) is 11.8 Å². The van der Waals surface area contributed by atoms with Crippen molar-refractivity contribution in [2.24, 2.45) is 11.8 Å². The Balaban J connectivity index is 1.68. The number of allylic oxidation sites excluding steroid dienone is 4. The third-order valence-electron chi connectivity index (χ3n) is 7.04. The van der Waals surface area contributed by atoms with Crippen molar-refractivity contribution in [3.05, 3.63) is 59.7 Å². The van der Waals surface area contributed by atoms with Crippen molar-refractivity contribution in [2.45, 2.75) is 32.7 Å². The fraction of sp³-hybridized carbons (Fsp3) is 0.533. The van der Waals surface area contributed by atoms with Crippen LogP contribution in [0.1, 0.15) is 37.0 Å². The molecule has 8 nitrogen and oxygen atoms in total. The SMILES string of the molecule is COCCCOc1cc(C(=O)N(C[C@@H]2CNC[C@H]2CN(C)C(=O)C2=CC=CCC=C2)C(C)C)ccc1OC. The number of hydrogen-bond acceptors (Lipinski definition) is 6. The van der Waals surface area contributed by atoms with E-state index >= 15 is 0 Å². The van der Waals surface area contributed by atoms with Crippen molar-refractivity contribution in [3.63, 3.8) is 0 Å². The predicted molar refractivity (Wildman–Crippen MR) is 150 cm³/mol. The number of nitrogens with one attached hydrogen (secondary N) is 1. The van der Waals surface area contributed by atoms with Gasteiger partial charge in [-0.2, -0.15) is 0 Å². The van der Waals surface area contributed by atoms with E-state index in [4.69, 9.17) is 14.2 Å². The second-order valence-electron chi connectivity index (χ2n) is 10.2. The van der Waals surface area contributed by atoms with Gasteiger partial charge in [-0.25, -0.2) is 0 Å². The van der Waals surface area contributed by atoms with Gasteiger partial charge in [-0.1, -0.05) is 24.3 Å². The zero-order chi connectivity index (χ0) is 27.5. The zero-order valence-electron chi connectivity index (χ0n) is 23.4. The maximum Gasteiger partial charge on any atom is 0.254 e. The van der Waals surface area contributed by atoms with Crippen LogP contribution >= 0.6 is 0 Å². The summed E-state index contributed by atoms with van der Waals surface area (Å²) >= 11 is 0. The average Bonchev–Trinajstić information content (AvgIpc) is 3.17. The maximum atomic E-state index is 13.7. The fourth-order valence-corrected chi connectivity index (χ4v) is 4.85. The van der Waals surface area contributed by atoms with Gasteiger partial charge in [0, 0.05) is 70.5 Å². The molecule has 1 saturated heterocycles. The number of ether oxygens (including phenoxy) is 3. The van der Waals surface area contributed by atoms with Gasteiger partial charge in [0.1, 0.15) is 0 Å². The minimum atomic E-state index is -0.0417. The van der Waals surface area contributed by atoms with E-state index in [9.17, 15) is 9.59 Å². The van der Waals surface area contributed by atoms with Crippen molar-refractivity contribution >= 4 is 11.8 Å². The van der Waals surface area contributed by atoms with Crippen molar-refractivity contribution in [1.29, 1.82) is 0 Å². The van der Waals surface area contributed by atoms with Crippen LogP contribution in [0.3, 0.4) is 0 Å². The van der Waals surface area contributed by atoms with Crippen LogP contribution in [0.5, 0.6) is 11.5 Å². The highest BCUT2D eigenvalue weighted by molar-refractivity contribution is 5.96. The fourth-order valence-electron chi connectivity index (χ4n) is 4.85. The molecule has 2 aliphatic rings. The Labute approximate surface area is 227 Å². The molecule has 1 heterocycles.